The Balaban J connectivity index is 1.95. The van der Waals surface area contributed by atoms with E-state index in [1.807, 2.05) is 0 Å². The molecule has 82 valence electrons. The second-order valence-corrected chi connectivity index (χ2v) is 5.70. The monoisotopic (exact) mass is 205 g/mol. The topological polar surface area (TPSA) is 20.3 Å². The van der Waals surface area contributed by atoms with E-state index in [0.717, 1.165) is 18.4 Å². The average molecular weight is 205 g/mol. The summed E-state index contributed by atoms with van der Waals surface area (Å²) in [5, 5.41) is 0. The van der Waals surface area contributed by atoms with Crippen LogP contribution < -0.4 is 0 Å². The molecule has 0 radical (unpaired) electrons. The molecule has 0 spiro atoms. The molecule has 5 atom stereocenters. The number of likely N-dealkylation sites (tertiary alicyclic amines) is 1. The molecule has 0 N–H and O–H groups in total. The highest BCUT2D eigenvalue weighted by atomic mass is 16.1. The van der Waals surface area contributed by atoms with Crippen LogP contribution in [0.25, 0.3) is 0 Å². The van der Waals surface area contributed by atoms with Crippen LogP contribution in [0.15, 0.2) is 12.2 Å². The van der Waals surface area contributed by atoms with Gasteiger partial charge in [-0.3, -0.25) is 9.69 Å². The maximum Gasteiger partial charge on any atom is 0.147 e. The Bertz CT molecular complexity index is 335. The Morgan fingerprint density at radius 2 is 2.27 bits per heavy atom. The van der Waals surface area contributed by atoms with Crippen LogP contribution in [-0.4, -0.2) is 30.3 Å². The lowest BCUT2D eigenvalue weighted by Gasteiger charge is -2.29. The molecule has 2 heteroatoms. The summed E-state index contributed by atoms with van der Waals surface area (Å²) in [7, 11) is 2.10. The van der Waals surface area contributed by atoms with E-state index in [9.17, 15) is 4.79 Å². The molecule has 3 rings (SSSR count). The van der Waals surface area contributed by atoms with Gasteiger partial charge in [0.1, 0.15) is 5.78 Å². The van der Waals surface area contributed by atoms with Crippen molar-refractivity contribution in [3.8, 4) is 0 Å². The lowest BCUT2D eigenvalue weighted by atomic mass is 9.76. The zero-order valence-electron chi connectivity index (χ0n) is 9.57. The molecule has 0 aromatic carbocycles. The summed E-state index contributed by atoms with van der Waals surface area (Å²) in [4.78, 5) is 14.0. The molecule has 3 fully saturated rings. The largest absolute Gasteiger partial charge is 0.298 e. The van der Waals surface area contributed by atoms with E-state index in [-0.39, 0.29) is 6.04 Å². The van der Waals surface area contributed by atoms with E-state index in [1.54, 1.807) is 6.92 Å². The van der Waals surface area contributed by atoms with Crippen LogP contribution in [0.4, 0.5) is 0 Å². The van der Waals surface area contributed by atoms with Gasteiger partial charge in [-0.25, -0.2) is 0 Å². The van der Waals surface area contributed by atoms with E-state index in [2.05, 4.69) is 18.5 Å². The molecule has 2 saturated carbocycles. The standard InChI is InChI=1S/C13H19NO/c1-7-4-9-5-10(7)12-11(9)6-14(3)13(12)8(2)15/h9-13H,1,4-6H2,2-3H3/t9-,10-,11-,12+,13-/m1/s1. The summed E-state index contributed by atoms with van der Waals surface area (Å²) in [6, 6.07) is 0.182. The number of carbonyl (C=O) groups is 1. The minimum Gasteiger partial charge on any atom is -0.298 e. The predicted octanol–water partition coefficient (Wildman–Crippen LogP) is 1.72. The first-order chi connectivity index (χ1) is 7.09. The normalized spacial score (nSPS) is 48.7. The number of hydrogen-bond acceptors (Lipinski definition) is 2. The molecule has 1 aliphatic heterocycles. The van der Waals surface area contributed by atoms with E-state index in [0.29, 0.717) is 17.6 Å². The Labute approximate surface area is 91.3 Å². The summed E-state index contributed by atoms with van der Waals surface area (Å²) in [6.07, 6.45) is 2.54. The predicted molar refractivity (Wildman–Crippen MR) is 59.4 cm³/mol. The van der Waals surface area contributed by atoms with Gasteiger partial charge in [0.15, 0.2) is 0 Å². The molecule has 2 aliphatic carbocycles. The third-order valence-electron chi connectivity index (χ3n) is 4.92. The fraction of sp³-hybridized carbons (Fsp3) is 0.769. The van der Waals surface area contributed by atoms with Crippen LogP contribution in [0.1, 0.15) is 19.8 Å². The van der Waals surface area contributed by atoms with Gasteiger partial charge in [-0.2, -0.15) is 0 Å². The van der Waals surface area contributed by atoms with Crippen molar-refractivity contribution in [1.29, 1.82) is 0 Å². The summed E-state index contributed by atoms with van der Waals surface area (Å²) in [5.74, 6) is 3.21. The molecule has 2 nitrogen and oxygen atoms in total. The van der Waals surface area contributed by atoms with Gasteiger partial charge in [0.25, 0.3) is 0 Å². The van der Waals surface area contributed by atoms with Crippen molar-refractivity contribution >= 4 is 5.78 Å². The minimum absolute atomic E-state index is 0.182. The van der Waals surface area contributed by atoms with Gasteiger partial charge < -0.3 is 0 Å². The first kappa shape index (κ1) is 9.59. The highest BCUT2D eigenvalue weighted by Crippen LogP contribution is 2.58. The summed E-state index contributed by atoms with van der Waals surface area (Å²) in [5.41, 5.74) is 1.42. The maximum atomic E-state index is 11.7. The van der Waals surface area contributed by atoms with Gasteiger partial charge in [-0.1, -0.05) is 12.2 Å². The second-order valence-electron chi connectivity index (χ2n) is 5.70. The van der Waals surface area contributed by atoms with Crippen molar-refractivity contribution in [3.05, 3.63) is 12.2 Å². The number of hydrogen-bond donors (Lipinski definition) is 0. The molecule has 1 saturated heterocycles. The Morgan fingerprint density at radius 1 is 1.53 bits per heavy atom. The van der Waals surface area contributed by atoms with Crippen LogP contribution in [0.3, 0.4) is 0 Å². The maximum absolute atomic E-state index is 11.7. The number of likely N-dealkylation sites (N-methyl/N-ethyl adjacent to an activating group) is 1. The van der Waals surface area contributed by atoms with E-state index >= 15 is 0 Å². The fourth-order valence-corrected chi connectivity index (χ4v) is 4.48. The third kappa shape index (κ3) is 1.12. The van der Waals surface area contributed by atoms with Crippen molar-refractivity contribution in [2.75, 3.05) is 13.6 Å². The number of Topliss-reactive ketones (excluding diaryl/α,β-unsaturated/α-hetero) is 1. The Morgan fingerprint density at radius 3 is 2.93 bits per heavy atom. The summed E-state index contributed by atoms with van der Waals surface area (Å²) >= 11 is 0. The average Bonchev–Trinajstić information content (AvgIpc) is 2.72. The number of allylic oxidation sites excluding steroid dienone is 1. The van der Waals surface area contributed by atoms with Gasteiger partial charge >= 0.3 is 0 Å². The molecule has 2 bridgehead atoms. The first-order valence-corrected chi connectivity index (χ1v) is 5.98. The molecule has 15 heavy (non-hydrogen) atoms. The molecule has 0 unspecified atom stereocenters. The quantitative estimate of drug-likeness (QED) is 0.607. The number of ketones is 1. The minimum atomic E-state index is 0.182. The number of nitrogens with zero attached hydrogens (tertiary/aromatic N) is 1. The molecular weight excluding hydrogens is 186 g/mol. The van der Waals surface area contributed by atoms with Crippen molar-refractivity contribution < 1.29 is 4.79 Å². The second kappa shape index (κ2) is 2.94. The van der Waals surface area contributed by atoms with Gasteiger partial charge in [-0.05, 0) is 50.5 Å². The van der Waals surface area contributed by atoms with Gasteiger partial charge in [-0.15, -0.1) is 0 Å². The number of carbonyl (C=O) groups excluding carboxylic acids is 1. The Hall–Kier alpha value is -0.630. The highest BCUT2D eigenvalue weighted by molar-refractivity contribution is 5.82. The molecule has 0 aromatic rings. The van der Waals surface area contributed by atoms with Crippen LogP contribution in [0.5, 0.6) is 0 Å². The third-order valence-corrected chi connectivity index (χ3v) is 4.92. The van der Waals surface area contributed by atoms with Crippen LogP contribution in [-0.2, 0) is 4.79 Å². The fourth-order valence-electron chi connectivity index (χ4n) is 4.48. The molecule has 0 aromatic heterocycles. The van der Waals surface area contributed by atoms with Crippen LogP contribution in [0.2, 0.25) is 0 Å². The van der Waals surface area contributed by atoms with E-state index < -0.39 is 0 Å². The van der Waals surface area contributed by atoms with E-state index in [4.69, 9.17) is 0 Å². The summed E-state index contributed by atoms with van der Waals surface area (Å²) < 4.78 is 0. The van der Waals surface area contributed by atoms with Crippen molar-refractivity contribution in [2.45, 2.75) is 25.8 Å². The van der Waals surface area contributed by atoms with Gasteiger partial charge in [0, 0.05) is 6.54 Å². The zero-order valence-corrected chi connectivity index (χ0v) is 9.57. The lowest BCUT2D eigenvalue weighted by molar-refractivity contribution is -0.122. The van der Waals surface area contributed by atoms with E-state index in [1.165, 1.54) is 18.4 Å². The molecule has 0 amide bonds. The number of fused-ring (bicyclic) bond motifs is 5. The van der Waals surface area contributed by atoms with Crippen molar-refractivity contribution in [1.82, 2.24) is 4.90 Å². The van der Waals surface area contributed by atoms with Crippen molar-refractivity contribution in [2.24, 2.45) is 23.7 Å². The number of rotatable bonds is 1. The first-order valence-electron chi connectivity index (χ1n) is 5.98. The van der Waals surface area contributed by atoms with Crippen molar-refractivity contribution in [3.63, 3.8) is 0 Å². The molecule has 3 aliphatic rings. The SMILES string of the molecule is C=C1C[C@@H]2C[C@H]1[C@H]1[C@@H]2CN(C)[C@@H]1C(C)=O. The molecule has 1 heterocycles. The smallest absolute Gasteiger partial charge is 0.147 e. The van der Waals surface area contributed by atoms with Gasteiger partial charge in [0.2, 0.25) is 0 Å². The lowest BCUT2D eigenvalue weighted by Crippen LogP contribution is -2.38. The highest BCUT2D eigenvalue weighted by Gasteiger charge is 2.57. The van der Waals surface area contributed by atoms with Gasteiger partial charge in [0.05, 0.1) is 6.04 Å². The summed E-state index contributed by atoms with van der Waals surface area (Å²) in [6.45, 7) is 7.06. The van der Waals surface area contributed by atoms with Crippen LogP contribution in [0, 0.1) is 23.7 Å². The zero-order chi connectivity index (χ0) is 10.7. The Kier molecular flexibility index (Phi) is 1.88. The van der Waals surface area contributed by atoms with Crippen LogP contribution >= 0.6 is 0 Å². The molecular formula is C13H19NO.